The van der Waals surface area contributed by atoms with Crippen LogP contribution in [0.4, 0.5) is 0 Å². The number of benzene rings is 2. The molecule has 1 unspecified atom stereocenters. The molecule has 9 nitrogen and oxygen atoms in total. The van der Waals surface area contributed by atoms with Gasteiger partial charge in [-0.2, -0.15) is 4.31 Å². The summed E-state index contributed by atoms with van der Waals surface area (Å²) in [7, 11) is -8.29. The monoisotopic (exact) mass is 513 g/mol. The van der Waals surface area contributed by atoms with Crippen molar-refractivity contribution in [3.8, 4) is 0 Å². The zero-order chi connectivity index (χ0) is 23.6. The molecular formula is C21H24ClN3O6S2. The number of aliphatic hydroxyl groups is 1. The fourth-order valence-electron chi connectivity index (χ4n) is 5.32. The molecule has 3 aliphatic heterocycles. The van der Waals surface area contributed by atoms with Gasteiger partial charge in [-0.25, -0.2) is 16.8 Å². The lowest BCUT2D eigenvalue weighted by molar-refractivity contribution is -0.140. The van der Waals surface area contributed by atoms with Gasteiger partial charge in [0.15, 0.2) is 14.7 Å². The number of hydrogen-bond acceptors (Lipinski definition) is 7. The Morgan fingerprint density at radius 3 is 2.42 bits per heavy atom. The van der Waals surface area contributed by atoms with Gasteiger partial charge in [0.05, 0.1) is 29.3 Å². The number of sulfonamides is 1. The maximum Gasteiger partial charge on any atom is 0.243 e. The molecule has 0 bridgehead atoms. The Kier molecular flexibility index (Phi) is 5.31. The lowest BCUT2D eigenvalue weighted by Gasteiger charge is -2.43. The lowest BCUT2D eigenvalue weighted by atomic mass is 9.95. The molecule has 2 N–H and O–H groups in total. The van der Waals surface area contributed by atoms with Crippen molar-refractivity contribution in [3.63, 3.8) is 0 Å². The van der Waals surface area contributed by atoms with Crippen LogP contribution >= 0.6 is 11.6 Å². The Hall–Kier alpha value is -1.76. The van der Waals surface area contributed by atoms with Crippen molar-refractivity contribution in [1.29, 1.82) is 0 Å². The molecule has 3 heterocycles. The summed E-state index contributed by atoms with van der Waals surface area (Å²) in [6.45, 7) is -0.919. The van der Waals surface area contributed by atoms with Gasteiger partial charge in [-0.1, -0.05) is 23.7 Å². The minimum absolute atomic E-state index is 0.0268. The van der Waals surface area contributed by atoms with E-state index < -0.39 is 55.1 Å². The zero-order valence-corrected chi connectivity index (χ0v) is 20.1. The van der Waals surface area contributed by atoms with Gasteiger partial charge in [0.1, 0.15) is 0 Å². The summed E-state index contributed by atoms with van der Waals surface area (Å²) >= 11 is 6.00. The molecular weight excluding hydrogens is 490 g/mol. The molecule has 33 heavy (non-hydrogen) atoms. The van der Waals surface area contributed by atoms with E-state index in [9.17, 15) is 26.7 Å². The highest BCUT2D eigenvalue weighted by atomic mass is 35.5. The van der Waals surface area contributed by atoms with Crippen LogP contribution in [0.2, 0.25) is 5.02 Å². The maximum atomic E-state index is 13.8. The van der Waals surface area contributed by atoms with E-state index in [0.29, 0.717) is 36.3 Å². The van der Waals surface area contributed by atoms with Gasteiger partial charge in [0.2, 0.25) is 15.9 Å². The number of hydrogen-bond donors (Lipinski definition) is 2. The van der Waals surface area contributed by atoms with Gasteiger partial charge in [0.25, 0.3) is 0 Å². The van der Waals surface area contributed by atoms with Crippen molar-refractivity contribution in [2.24, 2.45) is 0 Å². The Morgan fingerprint density at radius 1 is 1.06 bits per heavy atom. The van der Waals surface area contributed by atoms with Crippen LogP contribution in [0.3, 0.4) is 0 Å². The first kappa shape index (κ1) is 23.0. The summed E-state index contributed by atoms with van der Waals surface area (Å²) in [6.07, 6.45) is 0.613. The molecule has 1 atom stereocenters. The maximum absolute atomic E-state index is 13.8. The largest absolute Gasteiger partial charge is 0.393 e. The van der Waals surface area contributed by atoms with Crippen LogP contribution in [0.5, 0.6) is 0 Å². The molecule has 2 aromatic rings. The molecule has 3 aliphatic rings. The number of nitrogens with zero attached hydrogens (tertiary/aromatic N) is 2. The number of aliphatic hydroxyl groups excluding tert-OH is 1. The van der Waals surface area contributed by atoms with Crippen molar-refractivity contribution in [2.45, 2.75) is 27.4 Å². The van der Waals surface area contributed by atoms with E-state index in [1.165, 1.54) is 17.0 Å². The van der Waals surface area contributed by atoms with E-state index in [-0.39, 0.29) is 11.4 Å². The van der Waals surface area contributed by atoms with E-state index in [1.54, 1.807) is 24.3 Å². The number of amides is 1. The average molecular weight is 514 g/mol. The van der Waals surface area contributed by atoms with E-state index in [1.807, 2.05) is 0 Å². The van der Waals surface area contributed by atoms with Crippen molar-refractivity contribution < 1.29 is 26.7 Å². The molecule has 1 amide bonds. The Balaban J connectivity index is 1.56. The number of sulfone groups is 1. The number of carbonyl (C=O) groups is 1. The molecule has 0 radical (unpaired) electrons. The summed E-state index contributed by atoms with van der Waals surface area (Å²) in [4.78, 5) is 12.3. The second kappa shape index (κ2) is 7.62. The molecule has 3 fully saturated rings. The number of fused-ring (bicyclic) bond motifs is 2. The van der Waals surface area contributed by atoms with Gasteiger partial charge in [-0.15, -0.1) is 0 Å². The van der Waals surface area contributed by atoms with Crippen LogP contribution in [0.1, 0.15) is 12.8 Å². The summed E-state index contributed by atoms with van der Waals surface area (Å²) in [5.74, 6) is -0.620. The molecule has 0 saturated carbocycles. The van der Waals surface area contributed by atoms with Gasteiger partial charge in [0, 0.05) is 11.6 Å². The summed E-state index contributed by atoms with van der Waals surface area (Å²) in [5, 5.41) is 15.4. The van der Waals surface area contributed by atoms with Crippen LogP contribution in [0.25, 0.3) is 10.8 Å². The number of piperazine rings is 1. The predicted molar refractivity (Wildman–Crippen MR) is 123 cm³/mol. The minimum atomic E-state index is -4.21. The Labute approximate surface area is 197 Å². The third kappa shape index (κ3) is 3.17. The van der Waals surface area contributed by atoms with Crippen LogP contribution in [0, 0.1) is 0 Å². The van der Waals surface area contributed by atoms with E-state index in [2.05, 4.69) is 5.32 Å². The topological polar surface area (TPSA) is 124 Å². The molecule has 0 aromatic heterocycles. The quantitative estimate of drug-likeness (QED) is 0.614. The zero-order valence-electron chi connectivity index (χ0n) is 17.7. The molecule has 2 aromatic carbocycles. The molecule has 178 valence electrons. The van der Waals surface area contributed by atoms with Crippen LogP contribution in [-0.2, 0) is 24.7 Å². The highest BCUT2D eigenvalue weighted by Crippen LogP contribution is 2.48. The van der Waals surface area contributed by atoms with E-state index in [4.69, 9.17) is 11.6 Å². The van der Waals surface area contributed by atoms with Gasteiger partial charge < -0.3 is 15.3 Å². The Morgan fingerprint density at radius 2 is 1.73 bits per heavy atom. The lowest BCUT2D eigenvalue weighted by Crippen LogP contribution is -2.67. The molecule has 5 rings (SSSR count). The first-order chi connectivity index (χ1) is 15.6. The fourth-order valence-corrected chi connectivity index (χ4v) is 9.86. The van der Waals surface area contributed by atoms with Crippen LogP contribution in [0.15, 0.2) is 41.3 Å². The summed E-state index contributed by atoms with van der Waals surface area (Å²) in [6, 6.07) is 9.54. The van der Waals surface area contributed by atoms with Gasteiger partial charge >= 0.3 is 0 Å². The smallest absolute Gasteiger partial charge is 0.243 e. The fraction of sp³-hybridized carbons (Fsp3) is 0.476. The van der Waals surface area contributed by atoms with Crippen molar-refractivity contribution in [2.75, 3.05) is 39.3 Å². The van der Waals surface area contributed by atoms with Crippen LogP contribution in [-0.4, -0.2) is 86.0 Å². The van der Waals surface area contributed by atoms with Gasteiger partial charge in [-0.05, 0) is 61.0 Å². The van der Waals surface area contributed by atoms with Gasteiger partial charge in [-0.3, -0.25) is 4.79 Å². The van der Waals surface area contributed by atoms with Crippen molar-refractivity contribution in [1.82, 2.24) is 14.5 Å². The Bertz CT molecular complexity index is 1360. The van der Waals surface area contributed by atoms with Crippen LogP contribution < -0.4 is 5.32 Å². The van der Waals surface area contributed by atoms with Crippen molar-refractivity contribution >= 4 is 48.1 Å². The number of nitrogens with one attached hydrogen (secondary N) is 1. The van der Waals surface area contributed by atoms with Crippen molar-refractivity contribution in [3.05, 3.63) is 41.4 Å². The first-order valence-electron chi connectivity index (χ1n) is 10.6. The van der Waals surface area contributed by atoms with E-state index >= 15 is 0 Å². The number of carbonyl (C=O) groups excluding carboxylic acids is 1. The SMILES string of the molecule is O=C1CN(S(=O)(=O)c2ccc3cc(Cl)ccc3c2)CC2(CO)N1CC1(CCNCC1)S2(=O)=O. The predicted octanol–water partition coefficient (Wildman–Crippen LogP) is 0.565. The highest BCUT2D eigenvalue weighted by Gasteiger charge is 2.69. The third-order valence-electron chi connectivity index (χ3n) is 7.22. The molecule has 1 spiro atoms. The number of piperidine rings is 1. The third-order valence-corrected chi connectivity index (χ3v) is 12.4. The highest BCUT2D eigenvalue weighted by molar-refractivity contribution is 7.94. The first-order valence-corrected chi connectivity index (χ1v) is 13.9. The number of halogens is 1. The molecule has 3 saturated heterocycles. The normalized spacial score (nSPS) is 27.2. The average Bonchev–Trinajstić information content (AvgIpc) is 2.98. The molecule has 12 heteroatoms. The minimum Gasteiger partial charge on any atom is -0.393 e. The summed E-state index contributed by atoms with van der Waals surface area (Å²) < 4.78 is 54.3. The number of rotatable bonds is 3. The molecule has 0 aliphatic carbocycles. The standard InChI is InChI=1S/C21H24ClN3O6S2/c22-17-3-1-16-10-18(4-2-15(16)9-17)32(28,29)24-11-19(27)25-12-20(5-7-23-8-6-20)33(30,31)21(25,13-24)14-26/h1-4,9-10,23,26H,5-8,11-14H2. The second-order valence-corrected chi connectivity index (χ2v) is 14.0. The second-order valence-electron chi connectivity index (χ2n) is 8.95. The van der Waals surface area contributed by atoms with E-state index in [0.717, 1.165) is 9.69 Å². The summed E-state index contributed by atoms with van der Waals surface area (Å²) in [5.41, 5.74) is 0.